The molecule has 0 N–H and O–H groups in total. The number of fused-ring (bicyclic) bond motifs is 7. The highest BCUT2D eigenvalue weighted by molar-refractivity contribution is 7.00. The van der Waals surface area contributed by atoms with Crippen LogP contribution in [0.4, 0.5) is 34.1 Å². The average molecular weight is 662 g/mol. The van der Waals surface area contributed by atoms with Crippen molar-refractivity contribution in [1.29, 1.82) is 0 Å². The molecule has 3 nitrogen and oxygen atoms in total. The highest BCUT2D eigenvalue weighted by Crippen LogP contribution is 2.44. The lowest BCUT2D eigenvalue weighted by Gasteiger charge is -2.44. The first-order valence-electron chi connectivity index (χ1n) is 18.0. The van der Waals surface area contributed by atoms with E-state index >= 15 is 0 Å². The molecule has 2 aliphatic rings. The highest BCUT2D eigenvalue weighted by Gasteiger charge is 2.43. The largest absolute Gasteiger partial charge is 0.311 e. The maximum absolute atomic E-state index is 2.48. The number of rotatable bonds is 4. The Morgan fingerprint density at radius 2 is 0.846 bits per heavy atom. The Kier molecular flexibility index (Phi) is 6.35. The molecule has 0 fully saturated rings. The maximum atomic E-state index is 2.48. The Labute approximate surface area is 303 Å². The zero-order chi connectivity index (χ0) is 34.2. The molecule has 4 heteroatoms. The fraction of sp³-hybridized carbons (Fsp3) is 0. The van der Waals surface area contributed by atoms with Gasteiger partial charge in [-0.1, -0.05) is 115 Å². The fourth-order valence-corrected chi connectivity index (χ4v) is 8.78. The van der Waals surface area contributed by atoms with E-state index in [2.05, 4.69) is 208 Å². The van der Waals surface area contributed by atoms with E-state index < -0.39 is 0 Å². The molecule has 0 bridgehead atoms. The number of hydrogen-bond acceptors (Lipinski definition) is 2. The summed E-state index contributed by atoms with van der Waals surface area (Å²) in [5, 5.41) is 2.52. The van der Waals surface area contributed by atoms with Gasteiger partial charge in [-0.3, -0.25) is 0 Å². The fourth-order valence-electron chi connectivity index (χ4n) is 8.78. The molecule has 0 amide bonds. The summed E-state index contributed by atoms with van der Waals surface area (Å²) in [5.74, 6) is 0. The molecule has 0 radical (unpaired) electrons. The molecule has 11 rings (SSSR count). The number of para-hydroxylation sites is 5. The molecule has 0 spiro atoms. The van der Waals surface area contributed by atoms with Crippen molar-refractivity contribution < 1.29 is 0 Å². The summed E-state index contributed by atoms with van der Waals surface area (Å²) in [6.45, 7) is 0.0951. The van der Waals surface area contributed by atoms with Gasteiger partial charge in [-0.2, -0.15) is 0 Å². The average Bonchev–Trinajstić information content (AvgIpc) is 3.55. The first-order chi connectivity index (χ1) is 25.8. The van der Waals surface area contributed by atoms with Crippen LogP contribution in [-0.4, -0.2) is 11.3 Å². The van der Waals surface area contributed by atoms with E-state index in [9.17, 15) is 0 Å². The molecule has 8 aromatic carbocycles. The van der Waals surface area contributed by atoms with Gasteiger partial charge in [0.05, 0.1) is 11.0 Å². The molecule has 1 aromatic heterocycles. The van der Waals surface area contributed by atoms with Gasteiger partial charge in [0.1, 0.15) is 0 Å². The number of hydrogen-bond donors (Lipinski definition) is 0. The Morgan fingerprint density at radius 1 is 0.327 bits per heavy atom. The number of nitrogens with zero attached hydrogens (tertiary/aromatic N) is 3. The predicted molar refractivity (Wildman–Crippen MR) is 220 cm³/mol. The summed E-state index contributed by atoms with van der Waals surface area (Å²) < 4.78 is 2.38. The summed E-state index contributed by atoms with van der Waals surface area (Å²) in [7, 11) is 0. The monoisotopic (exact) mass is 661 g/mol. The lowest BCUT2D eigenvalue weighted by molar-refractivity contribution is 1.18. The van der Waals surface area contributed by atoms with Crippen molar-refractivity contribution in [3.05, 3.63) is 194 Å². The van der Waals surface area contributed by atoms with Gasteiger partial charge in [-0.15, -0.1) is 0 Å². The Balaban J connectivity index is 1.14. The van der Waals surface area contributed by atoms with E-state index in [0.29, 0.717) is 0 Å². The van der Waals surface area contributed by atoms with Crippen LogP contribution in [0.5, 0.6) is 0 Å². The second kappa shape index (κ2) is 11.4. The number of anilines is 6. The predicted octanol–water partition coefficient (Wildman–Crippen LogP) is 10.5. The summed E-state index contributed by atoms with van der Waals surface area (Å²) in [5.41, 5.74) is 17.2. The molecule has 0 unspecified atom stereocenters. The normalized spacial score (nSPS) is 12.9. The lowest BCUT2D eigenvalue weighted by atomic mass is 9.33. The van der Waals surface area contributed by atoms with Gasteiger partial charge in [0, 0.05) is 50.6 Å². The zero-order valence-electron chi connectivity index (χ0n) is 28.4. The smallest absolute Gasteiger partial charge is 0.252 e. The van der Waals surface area contributed by atoms with Crippen LogP contribution >= 0.6 is 0 Å². The molecule has 3 heterocycles. The van der Waals surface area contributed by atoms with Crippen LogP contribution < -0.4 is 26.2 Å². The molecule has 0 aliphatic carbocycles. The van der Waals surface area contributed by atoms with Crippen LogP contribution in [-0.2, 0) is 0 Å². The maximum Gasteiger partial charge on any atom is 0.252 e. The third-order valence-electron chi connectivity index (χ3n) is 11.0. The highest BCUT2D eigenvalue weighted by atomic mass is 15.2. The van der Waals surface area contributed by atoms with Crippen LogP contribution in [0, 0.1) is 0 Å². The quantitative estimate of drug-likeness (QED) is 0.174. The van der Waals surface area contributed by atoms with Gasteiger partial charge in [-0.25, -0.2) is 0 Å². The van der Waals surface area contributed by atoms with Crippen molar-refractivity contribution in [3.63, 3.8) is 0 Å². The third kappa shape index (κ3) is 4.21. The van der Waals surface area contributed by atoms with Gasteiger partial charge in [0.2, 0.25) is 0 Å². The molecule has 0 atom stereocenters. The van der Waals surface area contributed by atoms with Crippen molar-refractivity contribution in [2.45, 2.75) is 0 Å². The lowest BCUT2D eigenvalue weighted by Crippen LogP contribution is -2.61. The minimum atomic E-state index is 0.0951. The van der Waals surface area contributed by atoms with Crippen molar-refractivity contribution in [1.82, 2.24) is 4.57 Å². The van der Waals surface area contributed by atoms with Crippen LogP contribution in [0.15, 0.2) is 194 Å². The van der Waals surface area contributed by atoms with Crippen LogP contribution in [0.3, 0.4) is 0 Å². The minimum Gasteiger partial charge on any atom is -0.311 e. The molecule has 2 aliphatic heterocycles. The molecular formula is C48H32BN3. The second-order valence-corrected chi connectivity index (χ2v) is 13.7. The van der Waals surface area contributed by atoms with E-state index in [1.807, 2.05) is 0 Å². The van der Waals surface area contributed by atoms with Gasteiger partial charge in [-0.05, 0) is 106 Å². The van der Waals surface area contributed by atoms with Gasteiger partial charge >= 0.3 is 0 Å². The van der Waals surface area contributed by atoms with Crippen LogP contribution in [0.1, 0.15) is 0 Å². The van der Waals surface area contributed by atoms with Crippen molar-refractivity contribution in [3.8, 4) is 16.8 Å². The Hall–Kier alpha value is -6.78. The van der Waals surface area contributed by atoms with E-state index in [1.165, 1.54) is 83.4 Å². The SMILES string of the molecule is c1ccc(N2c3ccccc3B3c4ccc(-c5ccc6c(c5)c5ccccc5n6-c5ccccc5)cc4N(c4ccccc4)c4cccc2c43)cc1. The van der Waals surface area contributed by atoms with E-state index in [4.69, 9.17) is 0 Å². The molecule has 242 valence electrons. The topological polar surface area (TPSA) is 11.4 Å². The van der Waals surface area contributed by atoms with E-state index in [-0.39, 0.29) is 6.71 Å². The minimum absolute atomic E-state index is 0.0951. The van der Waals surface area contributed by atoms with Crippen molar-refractivity contribution in [2.24, 2.45) is 0 Å². The van der Waals surface area contributed by atoms with Gasteiger partial charge in [0.15, 0.2) is 0 Å². The summed E-state index contributed by atoms with van der Waals surface area (Å²) in [4.78, 5) is 4.92. The Morgan fingerprint density at radius 3 is 1.58 bits per heavy atom. The molecule has 0 saturated carbocycles. The van der Waals surface area contributed by atoms with Crippen molar-refractivity contribution >= 4 is 79.0 Å². The summed E-state index contributed by atoms with van der Waals surface area (Å²) in [6, 6.07) is 70.9. The van der Waals surface area contributed by atoms with E-state index in [0.717, 1.165) is 5.69 Å². The number of benzene rings is 8. The third-order valence-corrected chi connectivity index (χ3v) is 11.0. The molecule has 9 aromatic rings. The first kappa shape index (κ1) is 29.0. The summed E-state index contributed by atoms with van der Waals surface area (Å²) >= 11 is 0. The van der Waals surface area contributed by atoms with Crippen molar-refractivity contribution in [2.75, 3.05) is 9.80 Å². The van der Waals surface area contributed by atoms with Gasteiger partial charge < -0.3 is 14.4 Å². The second-order valence-electron chi connectivity index (χ2n) is 13.7. The zero-order valence-corrected chi connectivity index (χ0v) is 28.4. The summed E-state index contributed by atoms with van der Waals surface area (Å²) in [6.07, 6.45) is 0. The first-order valence-corrected chi connectivity index (χ1v) is 18.0. The molecule has 0 saturated heterocycles. The van der Waals surface area contributed by atoms with Gasteiger partial charge in [0.25, 0.3) is 6.71 Å². The van der Waals surface area contributed by atoms with Crippen LogP contribution in [0.25, 0.3) is 38.6 Å². The molecular weight excluding hydrogens is 629 g/mol. The standard InChI is InChI=1S/C48H32BN3/c1-4-15-35(16-5-1)50-42-23-12-10-21-38(42)39-31-33(28-30-43(39)50)34-27-29-41-47(32-34)52(37-19-8-3-9-20-37)46-26-14-25-45-48(46)49(41)40-22-11-13-24-44(40)51(45)36-17-6-2-7-18-36/h1-32H. The number of aromatic nitrogens is 1. The van der Waals surface area contributed by atoms with E-state index in [1.54, 1.807) is 0 Å². The molecule has 52 heavy (non-hydrogen) atoms. The van der Waals surface area contributed by atoms with Crippen LogP contribution in [0.2, 0.25) is 0 Å². The Bertz CT molecular complexity index is 2810.